The number of benzene rings is 1. The SMILES string of the molecule is CCCCC[C@H](N)c1cc([N+](=O)[O-])ccc1F. The molecule has 0 aromatic heterocycles. The van der Waals surface area contributed by atoms with Gasteiger partial charge in [-0.3, -0.25) is 10.1 Å². The predicted molar refractivity (Wildman–Crippen MR) is 64.1 cm³/mol. The second kappa shape index (κ2) is 6.30. The van der Waals surface area contributed by atoms with E-state index in [0.29, 0.717) is 6.42 Å². The largest absolute Gasteiger partial charge is 0.324 e. The van der Waals surface area contributed by atoms with Gasteiger partial charge in [0.1, 0.15) is 5.82 Å². The molecule has 0 fully saturated rings. The van der Waals surface area contributed by atoms with Gasteiger partial charge >= 0.3 is 0 Å². The molecule has 17 heavy (non-hydrogen) atoms. The van der Waals surface area contributed by atoms with Crippen LogP contribution in [0, 0.1) is 15.9 Å². The third kappa shape index (κ3) is 3.78. The topological polar surface area (TPSA) is 69.2 Å². The highest BCUT2D eigenvalue weighted by atomic mass is 19.1. The number of nitrogens with zero attached hydrogens (tertiary/aromatic N) is 1. The fourth-order valence-electron chi connectivity index (χ4n) is 1.70. The molecule has 5 heteroatoms. The van der Waals surface area contributed by atoms with E-state index in [1.165, 1.54) is 6.07 Å². The van der Waals surface area contributed by atoms with Crippen molar-refractivity contribution in [3.05, 3.63) is 39.7 Å². The van der Waals surface area contributed by atoms with Gasteiger partial charge in [-0.25, -0.2) is 4.39 Å². The molecule has 0 bridgehead atoms. The summed E-state index contributed by atoms with van der Waals surface area (Å²) < 4.78 is 13.5. The Balaban J connectivity index is 2.80. The molecule has 1 atom stereocenters. The monoisotopic (exact) mass is 240 g/mol. The summed E-state index contributed by atoms with van der Waals surface area (Å²) in [6, 6.07) is 3.01. The minimum Gasteiger partial charge on any atom is -0.324 e. The van der Waals surface area contributed by atoms with E-state index in [0.717, 1.165) is 31.4 Å². The molecule has 1 rings (SSSR count). The van der Waals surface area contributed by atoms with Gasteiger partial charge in [0, 0.05) is 23.7 Å². The van der Waals surface area contributed by atoms with Gasteiger partial charge in [-0.15, -0.1) is 0 Å². The summed E-state index contributed by atoms with van der Waals surface area (Å²) in [5.41, 5.74) is 5.96. The van der Waals surface area contributed by atoms with Gasteiger partial charge < -0.3 is 5.73 Å². The van der Waals surface area contributed by atoms with Crippen LogP contribution < -0.4 is 5.73 Å². The van der Waals surface area contributed by atoms with Crippen molar-refractivity contribution in [3.63, 3.8) is 0 Å². The molecular weight excluding hydrogens is 223 g/mol. The number of hydrogen-bond donors (Lipinski definition) is 1. The van der Waals surface area contributed by atoms with E-state index in [2.05, 4.69) is 6.92 Å². The van der Waals surface area contributed by atoms with Gasteiger partial charge in [0.05, 0.1) is 4.92 Å². The second-order valence-electron chi connectivity index (χ2n) is 4.07. The summed E-state index contributed by atoms with van der Waals surface area (Å²) in [5, 5.41) is 10.6. The number of hydrogen-bond acceptors (Lipinski definition) is 3. The van der Waals surface area contributed by atoms with E-state index in [9.17, 15) is 14.5 Å². The molecule has 0 amide bonds. The molecule has 0 saturated heterocycles. The number of nitro benzene ring substituents is 1. The third-order valence-electron chi connectivity index (χ3n) is 2.71. The van der Waals surface area contributed by atoms with Gasteiger partial charge in [-0.1, -0.05) is 26.2 Å². The average molecular weight is 240 g/mol. The van der Waals surface area contributed by atoms with Crippen LogP contribution in [0.5, 0.6) is 0 Å². The first kappa shape index (κ1) is 13.6. The number of nitrogens with two attached hydrogens (primary N) is 1. The van der Waals surface area contributed by atoms with Crippen molar-refractivity contribution in [2.24, 2.45) is 5.73 Å². The first-order valence-electron chi connectivity index (χ1n) is 5.75. The van der Waals surface area contributed by atoms with Crippen LogP contribution in [0.15, 0.2) is 18.2 Å². The normalized spacial score (nSPS) is 12.4. The summed E-state index contributed by atoms with van der Waals surface area (Å²) in [7, 11) is 0. The molecule has 2 N–H and O–H groups in total. The van der Waals surface area contributed by atoms with Gasteiger partial charge in [-0.2, -0.15) is 0 Å². The maximum atomic E-state index is 13.5. The Morgan fingerprint density at radius 3 is 2.76 bits per heavy atom. The first-order chi connectivity index (χ1) is 8.06. The van der Waals surface area contributed by atoms with Crippen LogP contribution in [0.2, 0.25) is 0 Å². The highest BCUT2D eigenvalue weighted by molar-refractivity contribution is 5.36. The molecule has 94 valence electrons. The number of halogens is 1. The van der Waals surface area contributed by atoms with Crippen LogP contribution in [0.3, 0.4) is 0 Å². The highest BCUT2D eigenvalue weighted by Crippen LogP contribution is 2.24. The van der Waals surface area contributed by atoms with E-state index >= 15 is 0 Å². The molecule has 0 aliphatic carbocycles. The molecule has 4 nitrogen and oxygen atoms in total. The van der Waals surface area contributed by atoms with E-state index < -0.39 is 16.8 Å². The molecule has 1 aromatic rings. The second-order valence-corrected chi connectivity index (χ2v) is 4.07. The summed E-state index contributed by atoms with van der Waals surface area (Å²) in [5.74, 6) is -0.473. The Kier molecular flexibility index (Phi) is 5.03. The van der Waals surface area contributed by atoms with Gasteiger partial charge in [0.25, 0.3) is 5.69 Å². The smallest absolute Gasteiger partial charge is 0.269 e. The lowest BCUT2D eigenvalue weighted by molar-refractivity contribution is -0.385. The lowest BCUT2D eigenvalue weighted by Gasteiger charge is -2.12. The lowest BCUT2D eigenvalue weighted by atomic mass is 10.0. The van der Waals surface area contributed by atoms with Crippen LogP contribution in [0.1, 0.15) is 44.2 Å². The summed E-state index contributed by atoms with van der Waals surface area (Å²) >= 11 is 0. The quantitative estimate of drug-likeness (QED) is 0.471. The van der Waals surface area contributed by atoms with Gasteiger partial charge in [-0.05, 0) is 12.5 Å². The van der Waals surface area contributed by atoms with Crippen molar-refractivity contribution in [2.75, 3.05) is 0 Å². The molecule has 0 spiro atoms. The third-order valence-corrected chi connectivity index (χ3v) is 2.71. The fourth-order valence-corrected chi connectivity index (χ4v) is 1.70. The molecule has 0 unspecified atom stereocenters. The van der Waals surface area contributed by atoms with E-state index in [-0.39, 0.29) is 11.3 Å². The van der Waals surface area contributed by atoms with Crippen LogP contribution in [-0.4, -0.2) is 4.92 Å². The first-order valence-corrected chi connectivity index (χ1v) is 5.75. The average Bonchev–Trinajstić information content (AvgIpc) is 2.29. The summed E-state index contributed by atoms with van der Waals surface area (Å²) in [4.78, 5) is 10.0. The zero-order valence-corrected chi connectivity index (χ0v) is 9.86. The zero-order chi connectivity index (χ0) is 12.8. The van der Waals surface area contributed by atoms with Crippen molar-refractivity contribution in [2.45, 2.75) is 38.6 Å². The highest BCUT2D eigenvalue weighted by Gasteiger charge is 2.15. The molecule has 0 aliphatic heterocycles. The van der Waals surface area contributed by atoms with E-state index in [1.807, 2.05) is 0 Å². The Morgan fingerprint density at radius 2 is 2.18 bits per heavy atom. The van der Waals surface area contributed by atoms with Crippen LogP contribution >= 0.6 is 0 Å². The zero-order valence-electron chi connectivity index (χ0n) is 9.86. The number of non-ortho nitro benzene ring substituents is 1. The van der Waals surface area contributed by atoms with Crippen LogP contribution in [0.4, 0.5) is 10.1 Å². The number of unbranched alkanes of at least 4 members (excludes halogenated alkanes) is 2. The predicted octanol–water partition coefficient (Wildman–Crippen LogP) is 3.31. The fraction of sp³-hybridized carbons (Fsp3) is 0.500. The van der Waals surface area contributed by atoms with Gasteiger partial charge in [0.15, 0.2) is 0 Å². The van der Waals surface area contributed by atoms with Gasteiger partial charge in [0.2, 0.25) is 0 Å². The van der Waals surface area contributed by atoms with Crippen molar-refractivity contribution in [1.82, 2.24) is 0 Å². The van der Waals surface area contributed by atoms with Crippen molar-refractivity contribution >= 4 is 5.69 Å². The molecular formula is C12H17FN2O2. The van der Waals surface area contributed by atoms with Crippen molar-refractivity contribution < 1.29 is 9.31 Å². The maximum absolute atomic E-state index is 13.5. The minimum atomic E-state index is -0.540. The molecule has 0 heterocycles. The lowest BCUT2D eigenvalue weighted by Crippen LogP contribution is -2.12. The standard InChI is InChI=1S/C12H17FN2O2/c1-2-3-4-5-12(14)10-8-9(15(16)17)6-7-11(10)13/h6-8,12H,2-5,14H2,1H3/t12-/m0/s1. The van der Waals surface area contributed by atoms with Crippen molar-refractivity contribution in [1.29, 1.82) is 0 Å². The van der Waals surface area contributed by atoms with Crippen molar-refractivity contribution in [3.8, 4) is 0 Å². The van der Waals surface area contributed by atoms with Crippen LogP contribution in [-0.2, 0) is 0 Å². The molecule has 0 aliphatic rings. The Morgan fingerprint density at radius 1 is 1.47 bits per heavy atom. The Hall–Kier alpha value is -1.49. The molecule has 1 aromatic carbocycles. The summed E-state index contributed by atoms with van der Waals surface area (Å²) in [6.07, 6.45) is 3.64. The number of rotatable bonds is 6. The minimum absolute atomic E-state index is 0.118. The molecule has 0 radical (unpaired) electrons. The Labute approximate surface area is 99.8 Å². The number of nitro groups is 1. The maximum Gasteiger partial charge on any atom is 0.269 e. The van der Waals surface area contributed by atoms with Crippen LogP contribution in [0.25, 0.3) is 0 Å². The molecule has 0 saturated carbocycles. The Bertz CT molecular complexity index is 396. The van der Waals surface area contributed by atoms with E-state index in [1.54, 1.807) is 0 Å². The summed E-state index contributed by atoms with van der Waals surface area (Å²) in [6.45, 7) is 2.07. The van der Waals surface area contributed by atoms with E-state index in [4.69, 9.17) is 5.73 Å².